The van der Waals surface area contributed by atoms with Crippen LogP contribution in [0.5, 0.6) is 0 Å². The number of fused-ring (bicyclic) bond motifs is 1. The summed E-state index contributed by atoms with van der Waals surface area (Å²) in [5.74, 6) is 0.790. The van der Waals surface area contributed by atoms with Gasteiger partial charge in [0, 0.05) is 81.4 Å². The summed E-state index contributed by atoms with van der Waals surface area (Å²) in [6, 6.07) is 37.2. The average molecular weight is 1630 g/mol. The Balaban J connectivity index is 0.994. The Morgan fingerprint density at radius 1 is 0.218 bits per heavy atom. The van der Waals surface area contributed by atoms with Crippen LogP contribution in [0.4, 0.5) is 0 Å². The largest absolute Gasteiger partial charge is 0.306 e. The zero-order chi connectivity index (χ0) is 76.8. The van der Waals surface area contributed by atoms with Crippen molar-refractivity contribution in [1.29, 1.82) is 0 Å². The van der Waals surface area contributed by atoms with E-state index in [1.165, 1.54) is 364 Å². The molecule has 12 heteroatoms. The van der Waals surface area contributed by atoms with Crippen molar-refractivity contribution in [2.45, 2.75) is 363 Å². The number of carbonyl (C=O) groups excluding carboxylic acids is 2. The lowest BCUT2D eigenvalue weighted by Crippen LogP contribution is -2.34. The van der Waals surface area contributed by atoms with Crippen LogP contribution in [0.2, 0.25) is 0 Å². The molecule has 8 aromatic heterocycles. The van der Waals surface area contributed by atoms with E-state index in [1.807, 2.05) is 68.0 Å². The summed E-state index contributed by atoms with van der Waals surface area (Å²) in [5, 5.41) is 0. The predicted molar refractivity (Wildman–Crippen MR) is 496 cm³/mol. The second-order valence-corrected chi connectivity index (χ2v) is 41.5. The van der Waals surface area contributed by atoms with E-state index in [4.69, 9.17) is 0 Å². The lowest BCUT2D eigenvalue weighted by atomic mass is 9.93. The molecule has 0 saturated heterocycles. The van der Waals surface area contributed by atoms with Gasteiger partial charge in [-0.15, -0.1) is 90.7 Å². The van der Waals surface area contributed by atoms with E-state index in [0.29, 0.717) is 36.1 Å². The van der Waals surface area contributed by atoms with Crippen molar-refractivity contribution < 1.29 is 9.59 Å². The Labute approximate surface area is 700 Å². The quantitative estimate of drug-likeness (QED) is 0.0357. The maximum atomic E-state index is 16.7. The molecule has 0 N–H and O–H groups in total. The molecule has 2 amide bonds. The second kappa shape index (κ2) is 50.5. The summed E-state index contributed by atoms with van der Waals surface area (Å²) in [4.78, 5) is 58.4. The van der Waals surface area contributed by atoms with Gasteiger partial charge in [0.05, 0.1) is 32.3 Å². The first-order valence-electron chi connectivity index (χ1n) is 45.1. The van der Waals surface area contributed by atoms with Gasteiger partial charge < -0.3 is 9.80 Å². The van der Waals surface area contributed by atoms with Crippen molar-refractivity contribution in [2.24, 2.45) is 11.8 Å². The first-order chi connectivity index (χ1) is 54.2. The number of unbranched alkanes of at least 4 members (excludes halogenated alkanes) is 38. The fourth-order valence-corrected chi connectivity index (χ4v) is 25.5. The minimum Gasteiger partial charge on any atom is -0.306 e. The van der Waals surface area contributed by atoms with Gasteiger partial charge in [0.1, 0.15) is 0 Å². The molecule has 4 nitrogen and oxygen atoms in total. The third kappa shape index (κ3) is 27.6. The van der Waals surface area contributed by atoms with E-state index in [0.717, 1.165) is 46.8 Å². The summed E-state index contributed by atoms with van der Waals surface area (Å²) >= 11 is 15.1. The van der Waals surface area contributed by atoms with Crippen LogP contribution in [0.1, 0.15) is 369 Å². The fourth-order valence-electron chi connectivity index (χ4n) is 16.7. The van der Waals surface area contributed by atoms with Crippen LogP contribution in [0.25, 0.3) is 69.9 Å². The Hall–Kier alpha value is -3.98. The maximum Gasteiger partial charge on any atom is 0.261 e. The molecular weight excluding hydrogens is 1490 g/mol. The molecule has 0 saturated carbocycles. The Morgan fingerprint density at radius 3 is 0.636 bits per heavy atom. The van der Waals surface area contributed by atoms with Crippen molar-refractivity contribution >= 4 is 114 Å². The zero-order valence-corrected chi connectivity index (χ0v) is 75.7. The lowest BCUT2D eigenvalue weighted by molar-refractivity contribution is -0.124. The van der Waals surface area contributed by atoms with E-state index < -0.39 is 0 Å². The molecule has 0 radical (unpaired) electrons. The lowest BCUT2D eigenvalue weighted by Gasteiger charge is -2.29. The van der Waals surface area contributed by atoms with E-state index in [9.17, 15) is 0 Å². The number of nitrogens with zero attached hydrogens (tertiary/aromatic N) is 2. The molecule has 0 bridgehead atoms. The number of thiophene rings is 8. The number of hydrogen-bond donors (Lipinski definition) is 0. The van der Waals surface area contributed by atoms with E-state index in [-0.39, 0.29) is 11.8 Å². The number of rotatable bonds is 62. The van der Waals surface area contributed by atoms with Crippen LogP contribution >= 0.6 is 90.7 Å². The van der Waals surface area contributed by atoms with E-state index >= 15 is 9.59 Å². The zero-order valence-electron chi connectivity index (χ0n) is 69.1. The van der Waals surface area contributed by atoms with Gasteiger partial charge in [0.15, 0.2) is 0 Å². The SMILES string of the molecule is CCCCCCCCCCCCC(CCCCCCCCCC)CN1C(=O)C2=C(c3ccc(-c4ccc(-c5ccc(-c6ccc(CCCCCC)s6)s5)s4)s3)N(CC(CCCCCCCCCC)CCCCCCCCCCCC)C(=O)C2=C1c1ccc(-c2ccc(-c3ccc(-c4ccc(CCCCCC)s4)s3)s2)s1. The average Bonchev–Trinajstić information content (AvgIpc) is 1.55. The van der Waals surface area contributed by atoms with Crippen molar-refractivity contribution in [3.05, 3.63) is 128 Å². The molecule has 10 heterocycles. The summed E-state index contributed by atoms with van der Waals surface area (Å²) in [5.41, 5.74) is 3.09. The molecule has 2 atom stereocenters. The topological polar surface area (TPSA) is 40.6 Å². The number of amides is 2. The maximum absolute atomic E-state index is 16.7. The Bertz CT molecular complexity index is 3680. The molecule has 110 heavy (non-hydrogen) atoms. The van der Waals surface area contributed by atoms with Gasteiger partial charge >= 0.3 is 0 Å². The highest BCUT2D eigenvalue weighted by Crippen LogP contribution is 2.53. The number of carbonyl (C=O) groups is 2. The minimum absolute atomic E-state index is 0.0478. The summed E-state index contributed by atoms with van der Waals surface area (Å²) < 4.78 is 0. The van der Waals surface area contributed by atoms with Gasteiger partial charge in [0.25, 0.3) is 11.8 Å². The van der Waals surface area contributed by atoms with Crippen LogP contribution in [-0.4, -0.2) is 34.7 Å². The van der Waals surface area contributed by atoms with Crippen LogP contribution in [0.15, 0.2) is 108 Å². The van der Waals surface area contributed by atoms with Crippen LogP contribution in [-0.2, 0) is 22.4 Å². The first kappa shape index (κ1) is 88.4. The van der Waals surface area contributed by atoms with Gasteiger partial charge in [-0.2, -0.15) is 0 Å². The van der Waals surface area contributed by atoms with Gasteiger partial charge in [0.2, 0.25) is 0 Å². The minimum atomic E-state index is 0.0478. The summed E-state index contributed by atoms with van der Waals surface area (Å²) in [6.07, 6.45) is 64.2. The van der Waals surface area contributed by atoms with Crippen LogP contribution in [0, 0.1) is 11.8 Å². The molecule has 2 aliphatic heterocycles. The molecule has 0 aromatic carbocycles. The molecule has 10 rings (SSSR count). The highest BCUT2D eigenvalue weighted by atomic mass is 32.1. The second-order valence-electron chi connectivity index (χ2n) is 32.6. The summed E-state index contributed by atoms with van der Waals surface area (Å²) in [7, 11) is 0. The molecule has 0 aliphatic carbocycles. The highest BCUT2D eigenvalue weighted by Gasteiger charge is 2.50. The van der Waals surface area contributed by atoms with E-state index in [2.05, 4.69) is 148 Å². The van der Waals surface area contributed by atoms with Gasteiger partial charge in [-0.1, -0.05) is 311 Å². The van der Waals surface area contributed by atoms with Crippen LogP contribution < -0.4 is 0 Å². The normalized spacial score (nSPS) is 13.8. The fraction of sp³-hybridized carbons (Fsp3) is 0.612. The Kier molecular flexibility index (Phi) is 40.6. The molecular formula is C98H140N2O2S8. The first-order valence-corrected chi connectivity index (χ1v) is 51.7. The Morgan fingerprint density at radius 2 is 0.400 bits per heavy atom. The van der Waals surface area contributed by atoms with Crippen LogP contribution in [0.3, 0.4) is 0 Å². The van der Waals surface area contributed by atoms with Gasteiger partial charge in [-0.25, -0.2) is 0 Å². The molecule has 602 valence electrons. The smallest absolute Gasteiger partial charge is 0.261 e. The molecule has 0 fully saturated rings. The summed E-state index contributed by atoms with van der Waals surface area (Å²) in [6.45, 7) is 15.2. The van der Waals surface area contributed by atoms with Crippen molar-refractivity contribution in [2.75, 3.05) is 13.1 Å². The number of aryl methyl sites for hydroxylation is 2. The van der Waals surface area contributed by atoms with Crippen molar-refractivity contribution in [3.8, 4) is 58.5 Å². The molecule has 8 aromatic rings. The predicted octanol–water partition coefficient (Wildman–Crippen LogP) is 35.1. The number of hydrogen-bond acceptors (Lipinski definition) is 10. The van der Waals surface area contributed by atoms with Crippen molar-refractivity contribution in [3.63, 3.8) is 0 Å². The molecule has 0 spiro atoms. The van der Waals surface area contributed by atoms with E-state index in [1.54, 1.807) is 22.7 Å². The monoisotopic (exact) mass is 1630 g/mol. The highest BCUT2D eigenvalue weighted by molar-refractivity contribution is 7.29. The van der Waals surface area contributed by atoms with Gasteiger partial charge in [-0.05, 0) is 160 Å². The van der Waals surface area contributed by atoms with Crippen molar-refractivity contribution in [1.82, 2.24) is 9.80 Å². The third-order valence-electron chi connectivity index (χ3n) is 23.4. The molecule has 2 aliphatic rings. The standard InChI is InChI=1S/C98H140N2O2S8/c1-7-13-19-25-29-33-35-39-43-47-53-75(51-45-41-37-31-27-21-15-9-3)73-99-95(91-71-69-89(109-91)87-67-65-85(107-87)83-63-61-81(105-83)79-59-57-77(103-79)55-49-23-17-11-5)93-94(97(99)101)96(100(98(93)102)74-76(52-46-42-38-32-28-22-16-10-4)54-48-44-40-36-34-30-26-20-14-8-2)92-72-70-90(110-92)88-68-66-86(108-88)84-64-62-82(106-84)80-60-58-78(104-80)56-50-24-18-12-6/h57-72,75-76H,7-56,73-74H2,1-6H3. The van der Waals surface area contributed by atoms with Gasteiger partial charge in [-0.3, -0.25) is 9.59 Å². The molecule has 2 unspecified atom stereocenters. The third-order valence-corrected chi connectivity index (χ3v) is 33.4.